The molecule has 1 amide bonds. The number of carbonyl (C=O) groups excluding carboxylic acids is 1. The Morgan fingerprint density at radius 3 is 2.48 bits per heavy atom. The van der Waals surface area contributed by atoms with E-state index in [1.165, 1.54) is 18.2 Å². The van der Waals surface area contributed by atoms with Crippen molar-refractivity contribution in [3.63, 3.8) is 0 Å². The van der Waals surface area contributed by atoms with Crippen LogP contribution in [-0.2, 0) is 19.4 Å². The minimum atomic E-state index is -3.99. The first-order valence-corrected chi connectivity index (χ1v) is 12.5. The number of carbonyl (C=O) groups is 1. The van der Waals surface area contributed by atoms with E-state index in [0.29, 0.717) is 50.0 Å². The van der Waals surface area contributed by atoms with Crippen LogP contribution in [0.4, 0.5) is 0 Å². The molecule has 0 atom stereocenters. The third-order valence-electron chi connectivity index (χ3n) is 4.80. The highest BCUT2D eigenvalue weighted by molar-refractivity contribution is 9.10. The average Bonchev–Trinajstić information content (AvgIpc) is 2.82. The van der Waals surface area contributed by atoms with E-state index in [0.717, 1.165) is 4.47 Å². The van der Waals surface area contributed by atoms with Crippen molar-refractivity contribution in [2.45, 2.75) is 11.8 Å². The molecule has 1 aliphatic heterocycles. The third-order valence-corrected chi connectivity index (χ3v) is 7.01. The Balaban J connectivity index is 1.82. The monoisotopic (exact) mass is 534 g/mol. The second kappa shape index (κ2) is 11.3. The highest BCUT2D eigenvalue weighted by Gasteiger charge is 2.21. The molecule has 0 aromatic heterocycles. The molecule has 1 aliphatic rings. The van der Waals surface area contributed by atoms with Crippen molar-refractivity contribution >= 4 is 37.8 Å². The molecular formula is C23H23BrN2O6S. The molecule has 174 valence electrons. The number of halogens is 1. The molecule has 2 aromatic rings. The molecule has 0 bridgehead atoms. The maximum atomic E-state index is 12.9. The van der Waals surface area contributed by atoms with E-state index in [4.69, 9.17) is 14.2 Å². The molecule has 3 rings (SSSR count). The minimum Gasteiger partial charge on any atom is -0.490 e. The molecule has 8 nitrogen and oxygen atoms in total. The standard InChI is InChI=1S/C23H23BrN2O6S/c1-2-31-22-14-17(3-8-21(22)32-16-23(27)26-9-11-30-12-10-26)13-20(15-25)33(28,29)19-6-4-18(24)5-7-19/h3-8,13-14H,2,9-12,16H2,1H3/b20-13-. The maximum Gasteiger partial charge on any atom is 0.260 e. The van der Waals surface area contributed by atoms with Crippen molar-refractivity contribution < 1.29 is 27.4 Å². The maximum absolute atomic E-state index is 12.9. The van der Waals surface area contributed by atoms with Crippen LogP contribution in [0.15, 0.2) is 56.7 Å². The number of allylic oxidation sites excluding steroid dienone is 1. The minimum absolute atomic E-state index is 0.0186. The van der Waals surface area contributed by atoms with E-state index in [9.17, 15) is 18.5 Å². The lowest BCUT2D eigenvalue weighted by atomic mass is 10.2. The summed E-state index contributed by atoms with van der Waals surface area (Å²) in [7, 11) is -3.99. The number of morpholine rings is 1. The first kappa shape index (κ1) is 24.8. The predicted octanol–water partition coefficient (Wildman–Crippen LogP) is 3.42. The summed E-state index contributed by atoms with van der Waals surface area (Å²) in [4.78, 5) is 13.6. The molecule has 0 N–H and O–H groups in total. The topological polar surface area (TPSA) is 106 Å². The number of amides is 1. The fourth-order valence-corrected chi connectivity index (χ4v) is 4.53. The SMILES string of the molecule is CCOc1cc(/C=C(/C#N)S(=O)(=O)c2ccc(Br)cc2)ccc1OCC(=O)N1CCOCC1. The number of rotatable bonds is 8. The van der Waals surface area contributed by atoms with E-state index < -0.39 is 14.7 Å². The van der Waals surface area contributed by atoms with Crippen molar-refractivity contribution in [1.29, 1.82) is 5.26 Å². The highest BCUT2D eigenvalue weighted by atomic mass is 79.9. The Labute approximate surface area is 201 Å². The zero-order chi connectivity index (χ0) is 23.8. The van der Waals surface area contributed by atoms with Crippen molar-refractivity contribution in [3.8, 4) is 17.6 Å². The number of sulfone groups is 1. The first-order chi connectivity index (χ1) is 15.8. The molecular weight excluding hydrogens is 512 g/mol. The van der Waals surface area contributed by atoms with Gasteiger partial charge in [-0.05, 0) is 55.0 Å². The summed E-state index contributed by atoms with van der Waals surface area (Å²) in [5.74, 6) is 0.543. The van der Waals surface area contributed by atoms with Crippen molar-refractivity contribution in [1.82, 2.24) is 4.90 Å². The number of nitriles is 1. The van der Waals surface area contributed by atoms with Gasteiger partial charge >= 0.3 is 0 Å². The van der Waals surface area contributed by atoms with Crippen LogP contribution in [0.25, 0.3) is 6.08 Å². The number of benzene rings is 2. The highest BCUT2D eigenvalue weighted by Crippen LogP contribution is 2.31. The molecule has 10 heteroatoms. The summed E-state index contributed by atoms with van der Waals surface area (Å²) < 4.78 is 43.0. The van der Waals surface area contributed by atoms with Crippen LogP contribution >= 0.6 is 15.9 Å². The first-order valence-electron chi connectivity index (χ1n) is 10.2. The van der Waals surface area contributed by atoms with Crippen LogP contribution < -0.4 is 9.47 Å². The summed E-state index contributed by atoms with van der Waals surface area (Å²) >= 11 is 3.26. The Bertz CT molecular complexity index is 1170. The lowest BCUT2D eigenvalue weighted by Gasteiger charge is -2.26. The van der Waals surface area contributed by atoms with Gasteiger partial charge in [0.05, 0.1) is 24.7 Å². The molecule has 0 radical (unpaired) electrons. The Morgan fingerprint density at radius 1 is 1.15 bits per heavy atom. The Kier molecular flexibility index (Phi) is 8.49. The smallest absolute Gasteiger partial charge is 0.260 e. The van der Waals surface area contributed by atoms with Crippen LogP contribution in [0.1, 0.15) is 12.5 Å². The summed E-state index contributed by atoms with van der Waals surface area (Å²) in [6, 6.07) is 12.6. The van der Waals surface area contributed by atoms with Crippen LogP contribution in [0.3, 0.4) is 0 Å². The van der Waals surface area contributed by atoms with E-state index >= 15 is 0 Å². The van der Waals surface area contributed by atoms with Crippen molar-refractivity contribution in [2.75, 3.05) is 39.5 Å². The molecule has 2 aromatic carbocycles. The largest absolute Gasteiger partial charge is 0.490 e. The average molecular weight is 535 g/mol. The van der Waals surface area contributed by atoms with Crippen LogP contribution in [0, 0.1) is 11.3 Å². The summed E-state index contributed by atoms with van der Waals surface area (Å²) in [5.41, 5.74) is 0.447. The van der Waals surface area contributed by atoms with Gasteiger partial charge in [0.25, 0.3) is 5.91 Å². The zero-order valence-electron chi connectivity index (χ0n) is 18.0. The van der Waals surface area contributed by atoms with E-state index in [1.807, 2.05) is 0 Å². The Morgan fingerprint density at radius 2 is 1.85 bits per heavy atom. The van der Waals surface area contributed by atoms with E-state index in [-0.39, 0.29) is 17.4 Å². The van der Waals surface area contributed by atoms with Gasteiger partial charge < -0.3 is 19.1 Å². The predicted molar refractivity (Wildman–Crippen MR) is 125 cm³/mol. The lowest BCUT2D eigenvalue weighted by Crippen LogP contribution is -2.43. The molecule has 1 fully saturated rings. The van der Waals surface area contributed by atoms with Gasteiger partial charge in [-0.15, -0.1) is 0 Å². The fraction of sp³-hybridized carbons (Fsp3) is 0.304. The lowest BCUT2D eigenvalue weighted by molar-refractivity contribution is -0.137. The molecule has 0 unspecified atom stereocenters. The zero-order valence-corrected chi connectivity index (χ0v) is 20.4. The molecule has 0 saturated carbocycles. The van der Waals surface area contributed by atoms with Gasteiger partial charge in [0.1, 0.15) is 11.0 Å². The normalized spacial score (nSPS) is 14.5. The van der Waals surface area contributed by atoms with Crippen molar-refractivity contribution in [2.24, 2.45) is 0 Å². The number of ether oxygens (including phenoxy) is 3. The Hall–Kier alpha value is -2.87. The molecule has 1 heterocycles. The van der Waals surface area contributed by atoms with Gasteiger partial charge in [0, 0.05) is 17.6 Å². The van der Waals surface area contributed by atoms with E-state index in [1.54, 1.807) is 48.2 Å². The van der Waals surface area contributed by atoms with E-state index in [2.05, 4.69) is 15.9 Å². The van der Waals surface area contributed by atoms with Crippen LogP contribution in [-0.4, -0.2) is 58.7 Å². The summed E-state index contributed by atoms with van der Waals surface area (Å²) in [6.07, 6.45) is 1.28. The second-order valence-electron chi connectivity index (χ2n) is 7.00. The van der Waals surface area contributed by atoms with Gasteiger partial charge in [-0.1, -0.05) is 22.0 Å². The van der Waals surface area contributed by atoms with Gasteiger partial charge in [-0.3, -0.25) is 4.79 Å². The quantitative estimate of drug-likeness (QED) is 0.477. The number of nitrogens with zero attached hydrogens (tertiary/aromatic N) is 2. The molecule has 33 heavy (non-hydrogen) atoms. The van der Waals surface area contributed by atoms with Gasteiger partial charge in [-0.25, -0.2) is 8.42 Å². The fourth-order valence-electron chi connectivity index (χ4n) is 3.11. The van der Waals surface area contributed by atoms with Gasteiger partial charge in [0.2, 0.25) is 9.84 Å². The number of hydrogen-bond acceptors (Lipinski definition) is 7. The molecule has 0 aliphatic carbocycles. The van der Waals surface area contributed by atoms with Gasteiger partial charge in [-0.2, -0.15) is 5.26 Å². The summed E-state index contributed by atoms with van der Waals surface area (Å²) in [5, 5.41) is 9.52. The number of hydrogen-bond donors (Lipinski definition) is 0. The molecule has 0 spiro atoms. The second-order valence-corrected chi connectivity index (χ2v) is 9.83. The van der Waals surface area contributed by atoms with Crippen molar-refractivity contribution in [3.05, 3.63) is 57.4 Å². The van der Waals surface area contributed by atoms with Crippen LogP contribution in [0.5, 0.6) is 11.5 Å². The third kappa shape index (κ3) is 6.35. The van der Waals surface area contributed by atoms with Gasteiger partial charge in [0.15, 0.2) is 18.1 Å². The molecule has 1 saturated heterocycles. The van der Waals surface area contributed by atoms with Crippen LogP contribution in [0.2, 0.25) is 0 Å². The summed E-state index contributed by atoms with van der Waals surface area (Å²) in [6.45, 7) is 4.02.